The lowest BCUT2D eigenvalue weighted by Gasteiger charge is -2.07. The fraction of sp³-hybridized carbons (Fsp3) is 0. The summed E-state index contributed by atoms with van der Waals surface area (Å²) in [6, 6.07) is 14.5. The van der Waals surface area contributed by atoms with Crippen LogP contribution in [0.3, 0.4) is 0 Å². The third kappa shape index (κ3) is 4.08. The van der Waals surface area contributed by atoms with Gasteiger partial charge in [0.15, 0.2) is 17.4 Å². The van der Waals surface area contributed by atoms with Crippen molar-refractivity contribution in [1.29, 1.82) is 0 Å². The minimum Gasteiger partial charge on any atom is -0.395 e. The topological polar surface area (TPSA) is 141 Å². The number of nitro groups is 1. The Morgan fingerprint density at radius 1 is 1.03 bits per heavy atom. The first kappa shape index (κ1) is 17.9. The Morgan fingerprint density at radius 2 is 1.83 bits per heavy atom. The average molecular weight is 391 g/mol. The molecule has 4 aromatic rings. The molecule has 3 aromatic heterocycles. The van der Waals surface area contributed by atoms with Crippen LogP contribution in [0.4, 0.5) is 23.1 Å². The highest BCUT2D eigenvalue weighted by Gasteiger charge is 2.17. The van der Waals surface area contributed by atoms with E-state index < -0.39 is 16.7 Å². The van der Waals surface area contributed by atoms with E-state index in [1.165, 1.54) is 6.07 Å². The van der Waals surface area contributed by atoms with Gasteiger partial charge in [0.25, 0.3) is 5.91 Å². The summed E-state index contributed by atoms with van der Waals surface area (Å²) in [6.07, 6.45) is 3.42. The lowest BCUT2D eigenvalue weighted by molar-refractivity contribution is -0.402. The van der Waals surface area contributed by atoms with Gasteiger partial charge in [-0.3, -0.25) is 14.9 Å². The number of nitrogens with zero attached hydrogens (tertiary/aromatic N) is 5. The maximum absolute atomic E-state index is 12.1. The van der Waals surface area contributed by atoms with Crippen molar-refractivity contribution in [2.24, 2.45) is 0 Å². The molecule has 0 aliphatic rings. The van der Waals surface area contributed by atoms with Crippen LogP contribution in [-0.2, 0) is 0 Å². The SMILES string of the molecule is O=C(Nc1ccc(Nc2ccc(-n3cccn3)nn2)cc1)c1ccc([N+](=O)[O-])o1. The summed E-state index contributed by atoms with van der Waals surface area (Å²) in [6.45, 7) is 0. The van der Waals surface area contributed by atoms with E-state index in [-0.39, 0.29) is 5.76 Å². The normalized spacial score (nSPS) is 10.5. The van der Waals surface area contributed by atoms with E-state index >= 15 is 0 Å². The molecule has 144 valence electrons. The quantitative estimate of drug-likeness (QED) is 0.377. The van der Waals surface area contributed by atoms with Crippen LogP contribution in [0.2, 0.25) is 0 Å². The molecular formula is C18H13N7O4. The standard InChI is InChI=1S/C18H13N7O4/c26-18(14-6-9-17(29-14)25(27)28)21-13-4-2-12(3-5-13)20-15-7-8-16(23-22-15)24-11-1-10-19-24/h1-11H,(H,20,22)(H,21,26). The van der Waals surface area contributed by atoms with Crippen molar-refractivity contribution in [2.45, 2.75) is 0 Å². The third-order valence-corrected chi connectivity index (χ3v) is 3.80. The van der Waals surface area contributed by atoms with Gasteiger partial charge in [0.1, 0.15) is 4.92 Å². The summed E-state index contributed by atoms with van der Waals surface area (Å²) in [5.74, 6) is -0.0860. The molecule has 0 spiro atoms. The van der Waals surface area contributed by atoms with Crippen molar-refractivity contribution < 1.29 is 14.1 Å². The van der Waals surface area contributed by atoms with E-state index in [0.29, 0.717) is 17.3 Å². The summed E-state index contributed by atoms with van der Waals surface area (Å²) in [5, 5.41) is 28.6. The first-order valence-corrected chi connectivity index (χ1v) is 8.35. The molecule has 2 N–H and O–H groups in total. The number of benzene rings is 1. The number of carbonyl (C=O) groups is 1. The van der Waals surface area contributed by atoms with Gasteiger partial charge in [-0.2, -0.15) is 5.10 Å². The van der Waals surface area contributed by atoms with Gasteiger partial charge >= 0.3 is 5.88 Å². The van der Waals surface area contributed by atoms with Gasteiger partial charge in [-0.1, -0.05) is 0 Å². The lowest BCUT2D eigenvalue weighted by Crippen LogP contribution is -2.10. The highest BCUT2D eigenvalue weighted by molar-refractivity contribution is 6.02. The highest BCUT2D eigenvalue weighted by atomic mass is 16.6. The summed E-state index contributed by atoms with van der Waals surface area (Å²) in [4.78, 5) is 22.0. The van der Waals surface area contributed by atoms with Crippen molar-refractivity contribution in [3.8, 4) is 5.82 Å². The van der Waals surface area contributed by atoms with Crippen molar-refractivity contribution in [2.75, 3.05) is 10.6 Å². The molecule has 29 heavy (non-hydrogen) atoms. The van der Waals surface area contributed by atoms with Crippen molar-refractivity contribution in [3.05, 3.63) is 82.9 Å². The van der Waals surface area contributed by atoms with Crippen LogP contribution >= 0.6 is 0 Å². The molecule has 1 amide bonds. The Morgan fingerprint density at radius 3 is 2.45 bits per heavy atom. The number of carbonyl (C=O) groups excluding carboxylic acids is 1. The van der Waals surface area contributed by atoms with Gasteiger partial charge in [0.05, 0.1) is 6.07 Å². The largest absolute Gasteiger partial charge is 0.433 e. The van der Waals surface area contributed by atoms with Crippen molar-refractivity contribution in [3.63, 3.8) is 0 Å². The molecule has 11 nitrogen and oxygen atoms in total. The van der Waals surface area contributed by atoms with Gasteiger partial charge in [0, 0.05) is 23.8 Å². The van der Waals surface area contributed by atoms with E-state index in [1.807, 2.05) is 0 Å². The highest BCUT2D eigenvalue weighted by Crippen LogP contribution is 2.20. The molecule has 0 saturated heterocycles. The van der Waals surface area contributed by atoms with E-state index in [2.05, 4.69) is 25.9 Å². The van der Waals surface area contributed by atoms with Gasteiger partial charge in [-0.25, -0.2) is 4.68 Å². The predicted octanol–water partition coefficient (Wildman–Crippen LogP) is 3.16. The number of hydrogen-bond acceptors (Lipinski definition) is 8. The second-order valence-electron chi connectivity index (χ2n) is 5.78. The Bertz CT molecular complexity index is 1140. The molecule has 0 unspecified atom stereocenters. The molecule has 0 aliphatic carbocycles. The van der Waals surface area contributed by atoms with E-state index in [1.54, 1.807) is 59.5 Å². The molecule has 11 heteroatoms. The van der Waals surface area contributed by atoms with Gasteiger partial charge in [-0.05, 0) is 48.5 Å². The summed E-state index contributed by atoms with van der Waals surface area (Å²) < 4.78 is 6.47. The fourth-order valence-corrected chi connectivity index (χ4v) is 2.44. The van der Waals surface area contributed by atoms with Crippen LogP contribution in [0.5, 0.6) is 0 Å². The fourth-order valence-electron chi connectivity index (χ4n) is 2.44. The minimum absolute atomic E-state index is 0.147. The smallest absolute Gasteiger partial charge is 0.395 e. The summed E-state index contributed by atoms with van der Waals surface area (Å²) >= 11 is 0. The number of rotatable bonds is 6. The van der Waals surface area contributed by atoms with Crippen LogP contribution in [0, 0.1) is 10.1 Å². The molecule has 3 heterocycles. The Balaban J connectivity index is 1.38. The van der Waals surface area contributed by atoms with Gasteiger partial charge < -0.3 is 15.1 Å². The van der Waals surface area contributed by atoms with Gasteiger partial charge in [-0.15, -0.1) is 10.2 Å². The second-order valence-corrected chi connectivity index (χ2v) is 5.78. The molecule has 1 aromatic carbocycles. The van der Waals surface area contributed by atoms with E-state index in [4.69, 9.17) is 4.42 Å². The van der Waals surface area contributed by atoms with Crippen LogP contribution in [-0.4, -0.2) is 30.8 Å². The Labute approximate surface area is 163 Å². The van der Waals surface area contributed by atoms with Crippen LogP contribution in [0.25, 0.3) is 5.82 Å². The molecule has 0 fully saturated rings. The molecule has 0 saturated carbocycles. The Kier molecular flexibility index (Phi) is 4.68. The molecule has 0 atom stereocenters. The van der Waals surface area contributed by atoms with Crippen LogP contribution in [0.15, 0.2) is 71.4 Å². The van der Waals surface area contributed by atoms with Crippen LogP contribution in [0.1, 0.15) is 10.6 Å². The number of nitrogens with one attached hydrogen (secondary N) is 2. The maximum atomic E-state index is 12.1. The minimum atomic E-state index is -0.707. The summed E-state index contributed by atoms with van der Waals surface area (Å²) in [5.41, 5.74) is 1.23. The first-order valence-electron chi connectivity index (χ1n) is 8.35. The third-order valence-electron chi connectivity index (χ3n) is 3.80. The molecule has 0 aliphatic heterocycles. The molecule has 0 radical (unpaired) electrons. The molecule has 4 rings (SSSR count). The van der Waals surface area contributed by atoms with E-state index in [0.717, 1.165) is 11.8 Å². The molecule has 0 bridgehead atoms. The van der Waals surface area contributed by atoms with Gasteiger partial charge in [0.2, 0.25) is 0 Å². The maximum Gasteiger partial charge on any atom is 0.433 e. The number of furan rings is 1. The monoisotopic (exact) mass is 391 g/mol. The second kappa shape index (κ2) is 7.60. The zero-order valence-electron chi connectivity index (χ0n) is 14.7. The number of anilines is 3. The lowest BCUT2D eigenvalue weighted by atomic mass is 10.2. The predicted molar refractivity (Wildman–Crippen MR) is 102 cm³/mol. The number of hydrogen-bond donors (Lipinski definition) is 2. The number of aromatic nitrogens is 4. The zero-order valence-corrected chi connectivity index (χ0v) is 14.7. The van der Waals surface area contributed by atoms with E-state index in [9.17, 15) is 14.9 Å². The zero-order chi connectivity index (χ0) is 20.2. The average Bonchev–Trinajstić information content (AvgIpc) is 3.42. The van der Waals surface area contributed by atoms with Crippen LogP contribution < -0.4 is 10.6 Å². The Hall–Kier alpha value is -4.54. The van der Waals surface area contributed by atoms with Crippen molar-refractivity contribution >= 4 is 29.0 Å². The first-order chi connectivity index (χ1) is 14.1. The number of amides is 1. The molecular weight excluding hydrogens is 378 g/mol. The summed E-state index contributed by atoms with van der Waals surface area (Å²) in [7, 11) is 0. The van der Waals surface area contributed by atoms with Crippen molar-refractivity contribution in [1.82, 2.24) is 20.0 Å².